The van der Waals surface area contributed by atoms with Crippen molar-refractivity contribution in [1.82, 2.24) is 5.32 Å². The molecule has 0 aromatic rings. The Bertz CT molecular complexity index is 351. The van der Waals surface area contributed by atoms with Gasteiger partial charge in [-0.2, -0.15) is 0 Å². The van der Waals surface area contributed by atoms with Crippen molar-refractivity contribution in [3.8, 4) is 0 Å². The number of hydrogen-bond donors (Lipinski definition) is 1. The molecule has 0 bridgehead atoms. The fourth-order valence-electron chi connectivity index (χ4n) is 1.06. The highest BCUT2D eigenvalue weighted by atomic mass is 32.2. The van der Waals surface area contributed by atoms with E-state index < -0.39 is 0 Å². The van der Waals surface area contributed by atoms with Gasteiger partial charge in [0, 0.05) is 6.04 Å². The molecule has 0 aliphatic carbocycles. The van der Waals surface area contributed by atoms with Crippen LogP contribution in [-0.2, 0) is 4.79 Å². The third-order valence-electron chi connectivity index (χ3n) is 1.79. The van der Waals surface area contributed by atoms with Gasteiger partial charge in [-0.25, -0.2) is 0 Å². The number of carbonyl (C=O) groups is 1. The minimum atomic E-state index is -0.0481. The lowest BCUT2D eigenvalue weighted by Gasteiger charge is -2.09. The van der Waals surface area contributed by atoms with Crippen LogP contribution in [0.1, 0.15) is 20.8 Å². The number of nitrogens with one attached hydrogen (secondary N) is 1. The second-order valence-electron chi connectivity index (χ2n) is 3.80. The third kappa shape index (κ3) is 7.64. The van der Waals surface area contributed by atoms with Crippen molar-refractivity contribution in [2.24, 2.45) is 0 Å². The molecule has 2 nitrogen and oxygen atoms in total. The van der Waals surface area contributed by atoms with Crippen LogP contribution in [0.3, 0.4) is 0 Å². The largest absolute Gasteiger partial charge is 0.349 e. The summed E-state index contributed by atoms with van der Waals surface area (Å²) in [5.74, 6) is -0.0481. The first-order chi connectivity index (χ1) is 8.01. The highest BCUT2D eigenvalue weighted by Crippen LogP contribution is 2.15. The number of thioether (sulfide) groups is 1. The summed E-state index contributed by atoms with van der Waals surface area (Å²) < 4.78 is 0. The fourth-order valence-corrected chi connectivity index (χ4v) is 1.57. The van der Waals surface area contributed by atoms with E-state index in [1.54, 1.807) is 6.08 Å². The standard InChI is InChI=1S/C14H21NOS/c1-6-7-8-9-12(4)10-13(17-5)14(16)15-11(2)3/h6-11H,4H2,1-3,5H3,(H,15,16)/b7-6-,9-8-,13-10-. The molecule has 0 aromatic carbocycles. The zero-order chi connectivity index (χ0) is 13.3. The third-order valence-corrected chi connectivity index (χ3v) is 2.54. The van der Waals surface area contributed by atoms with Gasteiger partial charge in [-0.1, -0.05) is 30.9 Å². The first kappa shape index (κ1) is 15.8. The van der Waals surface area contributed by atoms with E-state index in [0.717, 1.165) is 5.57 Å². The van der Waals surface area contributed by atoms with E-state index in [0.29, 0.717) is 4.91 Å². The topological polar surface area (TPSA) is 29.1 Å². The minimum absolute atomic E-state index is 0.0481. The fraction of sp³-hybridized carbons (Fsp3) is 0.357. The van der Waals surface area contributed by atoms with Crippen molar-refractivity contribution in [1.29, 1.82) is 0 Å². The predicted molar refractivity (Wildman–Crippen MR) is 78.0 cm³/mol. The van der Waals surface area contributed by atoms with Crippen LogP contribution in [0.25, 0.3) is 0 Å². The van der Waals surface area contributed by atoms with Crippen molar-refractivity contribution >= 4 is 17.7 Å². The molecule has 1 amide bonds. The van der Waals surface area contributed by atoms with E-state index in [4.69, 9.17) is 0 Å². The molecular weight excluding hydrogens is 230 g/mol. The van der Waals surface area contributed by atoms with Crippen LogP contribution in [0.2, 0.25) is 0 Å². The smallest absolute Gasteiger partial charge is 0.257 e. The molecule has 0 aliphatic heterocycles. The Labute approximate surface area is 109 Å². The van der Waals surface area contributed by atoms with Gasteiger partial charge in [-0.3, -0.25) is 4.79 Å². The zero-order valence-corrected chi connectivity index (χ0v) is 11.8. The van der Waals surface area contributed by atoms with Gasteiger partial charge in [0.15, 0.2) is 0 Å². The summed E-state index contributed by atoms with van der Waals surface area (Å²) in [5, 5.41) is 2.86. The monoisotopic (exact) mass is 251 g/mol. The van der Waals surface area contributed by atoms with Crippen molar-refractivity contribution < 1.29 is 4.79 Å². The molecule has 1 N–H and O–H groups in total. The van der Waals surface area contributed by atoms with Crippen LogP contribution in [0.15, 0.2) is 47.4 Å². The van der Waals surface area contributed by atoms with E-state index in [-0.39, 0.29) is 11.9 Å². The number of amides is 1. The number of hydrogen-bond acceptors (Lipinski definition) is 2. The Balaban J connectivity index is 4.64. The van der Waals surface area contributed by atoms with Gasteiger partial charge < -0.3 is 5.32 Å². The van der Waals surface area contributed by atoms with Crippen LogP contribution in [0.4, 0.5) is 0 Å². The average molecular weight is 251 g/mol. The van der Waals surface area contributed by atoms with Gasteiger partial charge in [0.2, 0.25) is 0 Å². The Morgan fingerprint density at radius 3 is 2.47 bits per heavy atom. The van der Waals surface area contributed by atoms with Gasteiger partial charge >= 0.3 is 0 Å². The molecule has 0 radical (unpaired) electrons. The normalized spacial score (nSPS) is 12.6. The molecule has 17 heavy (non-hydrogen) atoms. The quantitative estimate of drug-likeness (QED) is 0.578. The Hall–Kier alpha value is -1.22. The summed E-state index contributed by atoms with van der Waals surface area (Å²) in [6.45, 7) is 9.72. The summed E-state index contributed by atoms with van der Waals surface area (Å²) in [7, 11) is 0. The second-order valence-corrected chi connectivity index (χ2v) is 4.65. The molecule has 94 valence electrons. The average Bonchev–Trinajstić information content (AvgIpc) is 2.25. The highest BCUT2D eigenvalue weighted by Gasteiger charge is 2.08. The molecule has 0 aliphatic rings. The lowest BCUT2D eigenvalue weighted by atomic mass is 10.2. The molecule has 0 spiro atoms. The SMILES string of the molecule is C=C(/C=C\C=C/C)/C=C(\SC)C(=O)NC(C)C. The van der Waals surface area contributed by atoms with Gasteiger partial charge in [0.25, 0.3) is 5.91 Å². The van der Waals surface area contributed by atoms with Crippen molar-refractivity contribution in [2.45, 2.75) is 26.8 Å². The molecule has 0 aromatic heterocycles. The summed E-state index contributed by atoms with van der Waals surface area (Å²) in [6.07, 6.45) is 11.3. The lowest BCUT2D eigenvalue weighted by Crippen LogP contribution is -2.30. The molecule has 0 saturated carbocycles. The molecule has 0 atom stereocenters. The molecule has 0 unspecified atom stereocenters. The van der Waals surface area contributed by atoms with Crippen LogP contribution in [0, 0.1) is 0 Å². The Kier molecular flexibility index (Phi) is 8.24. The molecule has 0 fully saturated rings. The highest BCUT2D eigenvalue weighted by molar-refractivity contribution is 8.03. The summed E-state index contributed by atoms with van der Waals surface area (Å²) >= 11 is 1.42. The van der Waals surface area contributed by atoms with Crippen LogP contribution in [-0.4, -0.2) is 18.2 Å². The lowest BCUT2D eigenvalue weighted by molar-refractivity contribution is -0.117. The second kappa shape index (κ2) is 8.88. The van der Waals surface area contributed by atoms with Crippen molar-refractivity contribution in [3.63, 3.8) is 0 Å². The summed E-state index contributed by atoms with van der Waals surface area (Å²) in [4.78, 5) is 12.4. The van der Waals surface area contributed by atoms with Gasteiger partial charge in [-0.05, 0) is 38.7 Å². The maximum atomic E-state index is 11.8. The van der Waals surface area contributed by atoms with Crippen molar-refractivity contribution in [2.75, 3.05) is 6.26 Å². The maximum Gasteiger partial charge on any atom is 0.257 e. The number of allylic oxidation sites excluding steroid dienone is 6. The Morgan fingerprint density at radius 2 is 2.00 bits per heavy atom. The summed E-state index contributed by atoms with van der Waals surface area (Å²) in [5.41, 5.74) is 0.811. The van der Waals surface area contributed by atoms with E-state index in [9.17, 15) is 4.79 Å². The maximum absolute atomic E-state index is 11.8. The van der Waals surface area contributed by atoms with E-state index in [1.807, 2.05) is 51.3 Å². The molecule has 0 saturated heterocycles. The van der Waals surface area contributed by atoms with E-state index in [2.05, 4.69) is 11.9 Å². The van der Waals surface area contributed by atoms with Gasteiger partial charge in [0.05, 0.1) is 4.91 Å². The van der Waals surface area contributed by atoms with Crippen LogP contribution < -0.4 is 5.32 Å². The van der Waals surface area contributed by atoms with Gasteiger partial charge in [-0.15, -0.1) is 11.8 Å². The zero-order valence-electron chi connectivity index (χ0n) is 11.0. The molecule has 0 heterocycles. The minimum Gasteiger partial charge on any atom is -0.349 e. The van der Waals surface area contributed by atoms with E-state index in [1.165, 1.54) is 11.8 Å². The number of carbonyl (C=O) groups excluding carboxylic acids is 1. The first-order valence-corrected chi connectivity index (χ1v) is 6.78. The van der Waals surface area contributed by atoms with Crippen LogP contribution >= 0.6 is 11.8 Å². The van der Waals surface area contributed by atoms with Crippen molar-refractivity contribution in [3.05, 3.63) is 47.4 Å². The Morgan fingerprint density at radius 1 is 1.35 bits per heavy atom. The first-order valence-electron chi connectivity index (χ1n) is 5.56. The molecule has 3 heteroatoms. The molecule has 0 rings (SSSR count). The summed E-state index contributed by atoms with van der Waals surface area (Å²) in [6, 6.07) is 0.143. The van der Waals surface area contributed by atoms with Gasteiger partial charge in [0.1, 0.15) is 0 Å². The number of rotatable bonds is 6. The van der Waals surface area contributed by atoms with E-state index >= 15 is 0 Å². The van der Waals surface area contributed by atoms with Crippen LogP contribution in [0.5, 0.6) is 0 Å². The molecular formula is C14H21NOS. The predicted octanol–water partition coefficient (Wildman–Crippen LogP) is 3.45.